The van der Waals surface area contributed by atoms with E-state index < -0.39 is 27.5 Å². The average Bonchev–Trinajstić information content (AvgIpc) is 2.61. The molecule has 1 aliphatic rings. The van der Waals surface area contributed by atoms with Gasteiger partial charge in [0.25, 0.3) is 5.91 Å². The maximum Gasteiger partial charge on any atom is 0.304 e. The Morgan fingerprint density at radius 2 is 1.97 bits per heavy atom. The number of carbonyl (C=O) groups is 1. The SMILES string of the molecule is CC(C)COc1ncc(Oc2cc(F)c(C(=O)NS(=O)(=O)N3CCC3)cc2Cl)cc1Cl. The van der Waals surface area contributed by atoms with Crippen LogP contribution in [0.1, 0.15) is 30.6 Å². The molecule has 31 heavy (non-hydrogen) atoms. The maximum atomic E-state index is 14.5. The second-order valence-electron chi connectivity index (χ2n) is 7.22. The molecule has 0 spiro atoms. The van der Waals surface area contributed by atoms with Crippen molar-refractivity contribution in [3.63, 3.8) is 0 Å². The lowest BCUT2D eigenvalue weighted by Gasteiger charge is -2.29. The summed E-state index contributed by atoms with van der Waals surface area (Å²) in [6, 6.07) is 3.30. The number of carbonyl (C=O) groups excluding carboxylic acids is 1. The number of rotatable bonds is 8. The van der Waals surface area contributed by atoms with Gasteiger partial charge in [0.15, 0.2) is 0 Å². The smallest absolute Gasteiger partial charge is 0.304 e. The molecule has 1 aromatic heterocycles. The normalized spacial score (nSPS) is 14.3. The van der Waals surface area contributed by atoms with E-state index in [0.29, 0.717) is 26.1 Å². The fourth-order valence-electron chi connectivity index (χ4n) is 2.49. The van der Waals surface area contributed by atoms with Crippen molar-refractivity contribution < 1.29 is 27.1 Å². The molecule has 0 bridgehead atoms. The Bertz CT molecular complexity index is 1090. The van der Waals surface area contributed by atoms with Crippen LogP contribution in [0, 0.1) is 11.7 Å². The summed E-state index contributed by atoms with van der Waals surface area (Å²) in [5.41, 5.74) is -0.532. The zero-order valence-corrected chi connectivity index (χ0v) is 19.0. The van der Waals surface area contributed by atoms with Crippen molar-refractivity contribution in [1.82, 2.24) is 14.0 Å². The van der Waals surface area contributed by atoms with E-state index in [4.69, 9.17) is 32.7 Å². The van der Waals surface area contributed by atoms with E-state index in [-0.39, 0.29) is 33.3 Å². The number of benzene rings is 1. The minimum Gasteiger partial charge on any atom is -0.476 e. The van der Waals surface area contributed by atoms with E-state index in [1.165, 1.54) is 12.3 Å². The molecule has 3 rings (SSSR count). The number of amides is 1. The first kappa shape index (κ1) is 23.5. The topological polar surface area (TPSA) is 97.8 Å². The predicted molar refractivity (Wildman–Crippen MR) is 114 cm³/mol. The summed E-state index contributed by atoms with van der Waals surface area (Å²) in [6.45, 7) is 4.99. The average molecular weight is 492 g/mol. The van der Waals surface area contributed by atoms with Gasteiger partial charge >= 0.3 is 10.2 Å². The molecule has 1 fully saturated rings. The molecule has 0 radical (unpaired) electrons. The van der Waals surface area contributed by atoms with Crippen LogP contribution in [0.15, 0.2) is 24.4 Å². The molecule has 0 saturated carbocycles. The number of hydrogen-bond acceptors (Lipinski definition) is 6. The minimum atomic E-state index is -4.02. The summed E-state index contributed by atoms with van der Waals surface area (Å²) in [7, 11) is -4.02. The fourth-order valence-corrected chi connectivity index (χ4v) is 4.11. The Labute approximate surface area is 189 Å². The molecule has 2 aromatic rings. The van der Waals surface area contributed by atoms with E-state index in [1.54, 1.807) is 0 Å². The van der Waals surface area contributed by atoms with Crippen molar-refractivity contribution in [3.05, 3.63) is 45.8 Å². The number of nitrogens with zero attached hydrogens (tertiary/aromatic N) is 2. The first-order valence-electron chi connectivity index (χ1n) is 9.34. The van der Waals surface area contributed by atoms with Crippen LogP contribution < -0.4 is 14.2 Å². The summed E-state index contributed by atoms with van der Waals surface area (Å²) in [5.74, 6) is -1.56. The first-order valence-corrected chi connectivity index (χ1v) is 11.5. The third-order valence-electron chi connectivity index (χ3n) is 4.21. The van der Waals surface area contributed by atoms with Gasteiger partial charge < -0.3 is 9.47 Å². The Morgan fingerprint density at radius 1 is 1.26 bits per heavy atom. The zero-order chi connectivity index (χ0) is 22.8. The van der Waals surface area contributed by atoms with Gasteiger partial charge in [0, 0.05) is 25.2 Å². The molecule has 1 amide bonds. The standard InChI is InChI=1S/C19H20Cl2FN3O5S/c1-11(2)10-29-19-15(21)6-12(9-23-19)30-17-8-16(22)13(7-14(17)20)18(26)24-31(27,28)25-4-3-5-25/h6-9,11H,3-5,10H2,1-2H3,(H,24,26). The molecule has 168 valence electrons. The first-order chi connectivity index (χ1) is 14.6. The van der Waals surface area contributed by atoms with Crippen molar-refractivity contribution >= 4 is 39.3 Å². The lowest BCUT2D eigenvalue weighted by Crippen LogP contribution is -2.49. The zero-order valence-electron chi connectivity index (χ0n) is 16.7. The van der Waals surface area contributed by atoms with Crippen molar-refractivity contribution in [2.24, 2.45) is 5.92 Å². The molecule has 0 aliphatic carbocycles. The molecule has 1 saturated heterocycles. The van der Waals surface area contributed by atoms with Crippen molar-refractivity contribution in [1.29, 1.82) is 0 Å². The summed E-state index contributed by atoms with van der Waals surface area (Å²) in [4.78, 5) is 16.3. The van der Waals surface area contributed by atoms with Crippen molar-refractivity contribution in [2.45, 2.75) is 20.3 Å². The summed E-state index contributed by atoms with van der Waals surface area (Å²) < 4.78 is 52.5. The van der Waals surface area contributed by atoms with Gasteiger partial charge in [-0.3, -0.25) is 4.79 Å². The van der Waals surface area contributed by atoms with Crippen LogP contribution in [0.5, 0.6) is 17.4 Å². The molecule has 0 atom stereocenters. The highest BCUT2D eigenvalue weighted by Gasteiger charge is 2.30. The molecule has 1 aromatic carbocycles. The van der Waals surface area contributed by atoms with E-state index in [1.807, 2.05) is 18.6 Å². The third-order valence-corrected chi connectivity index (χ3v) is 6.26. The highest BCUT2D eigenvalue weighted by molar-refractivity contribution is 7.87. The van der Waals surface area contributed by atoms with Crippen molar-refractivity contribution in [2.75, 3.05) is 19.7 Å². The predicted octanol–water partition coefficient (Wildman–Crippen LogP) is 4.03. The summed E-state index contributed by atoms with van der Waals surface area (Å²) >= 11 is 12.2. The number of aromatic nitrogens is 1. The van der Waals surface area contributed by atoms with Gasteiger partial charge in [-0.2, -0.15) is 12.7 Å². The van der Waals surface area contributed by atoms with Gasteiger partial charge in [-0.25, -0.2) is 14.1 Å². The molecular formula is C19H20Cl2FN3O5S. The monoisotopic (exact) mass is 491 g/mol. The largest absolute Gasteiger partial charge is 0.476 e. The highest BCUT2D eigenvalue weighted by Crippen LogP contribution is 2.34. The van der Waals surface area contributed by atoms with Crippen LogP contribution in [0.25, 0.3) is 0 Å². The molecule has 1 N–H and O–H groups in total. The lowest BCUT2D eigenvalue weighted by molar-refractivity contribution is 0.0973. The van der Waals surface area contributed by atoms with Gasteiger partial charge in [0.2, 0.25) is 5.88 Å². The van der Waals surface area contributed by atoms with Crippen LogP contribution in [0.2, 0.25) is 10.0 Å². The van der Waals surface area contributed by atoms with E-state index in [0.717, 1.165) is 16.4 Å². The number of pyridine rings is 1. The molecule has 1 aliphatic heterocycles. The fraction of sp³-hybridized carbons (Fsp3) is 0.368. The van der Waals surface area contributed by atoms with Crippen LogP contribution in [0.4, 0.5) is 4.39 Å². The van der Waals surface area contributed by atoms with Gasteiger partial charge in [0.05, 0.1) is 23.4 Å². The summed E-state index contributed by atoms with van der Waals surface area (Å²) in [5, 5.41) is 0.0890. The minimum absolute atomic E-state index is 0.102. The van der Waals surface area contributed by atoms with E-state index in [9.17, 15) is 17.6 Å². The Hall–Kier alpha value is -2.14. The highest BCUT2D eigenvalue weighted by atomic mass is 35.5. The quantitative estimate of drug-likeness (QED) is 0.598. The van der Waals surface area contributed by atoms with Crippen LogP contribution in [-0.2, 0) is 10.2 Å². The second-order valence-corrected chi connectivity index (χ2v) is 9.70. The molecule has 0 unspecified atom stereocenters. The molecule has 8 nitrogen and oxygen atoms in total. The second kappa shape index (κ2) is 9.56. The molecule has 12 heteroatoms. The van der Waals surface area contributed by atoms with Crippen LogP contribution in [-0.4, -0.2) is 43.3 Å². The van der Waals surface area contributed by atoms with Gasteiger partial charge in [-0.1, -0.05) is 37.0 Å². The number of ether oxygens (including phenoxy) is 2. The molecular weight excluding hydrogens is 472 g/mol. The Morgan fingerprint density at radius 3 is 2.55 bits per heavy atom. The molecule has 2 heterocycles. The van der Waals surface area contributed by atoms with Gasteiger partial charge in [-0.05, 0) is 18.4 Å². The van der Waals surface area contributed by atoms with E-state index in [2.05, 4.69) is 4.98 Å². The summed E-state index contributed by atoms with van der Waals surface area (Å²) in [6.07, 6.45) is 2.03. The lowest BCUT2D eigenvalue weighted by atomic mass is 10.2. The number of hydrogen-bond donors (Lipinski definition) is 1. The number of halogens is 3. The van der Waals surface area contributed by atoms with Gasteiger partial charge in [-0.15, -0.1) is 0 Å². The van der Waals surface area contributed by atoms with Crippen LogP contribution in [0.3, 0.4) is 0 Å². The number of nitrogens with one attached hydrogen (secondary N) is 1. The van der Waals surface area contributed by atoms with Gasteiger partial charge in [0.1, 0.15) is 22.3 Å². The van der Waals surface area contributed by atoms with E-state index >= 15 is 0 Å². The van der Waals surface area contributed by atoms with Crippen molar-refractivity contribution in [3.8, 4) is 17.4 Å². The Balaban J connectivity index is 1.74. The maximum absolute atomic E-state index is 14.5. The van der Waals surface area contributed by atoms with Crippen LogP contribution >= 0.6 is 23.2 Å². The Kier molecular flexibility index (Phi) is 7.25. The third kappa shape index (κ3) is 5.76.